The fourth-order valence-corrected chi connectivity index (χ4v) is 4.24. The molecule has 1 aromatic rings. The number of aliphatic hydroxyl groups is 1. The van der Waals surface area contributed by atoms with E-state index in [-0.39, 0.29) is 28.4 Å². The number of hydrogen-bond donors (Lipinski definition) is 2. The number of pyridine rings is 1. The molecule has 2 fully saturated rings. The van der Waals surface area contributed by atoms with E-state index in [1.807, 2.05) is 13.8 Å². The first-order valence-electron chi connectivity index (χ1n) is 9.66. The van der Waals surface area contributed by atoms with Gasteiger partial charge in [0.15, 0.2) is 0 Å². The Kier molecular flexibility index (Phi) is 5.42. The van der Waals surface area contributed by atoms with Crippen molar-refractivity contribution < 1.29 is 14.7 Å². The van der Waals surface area contributed by atoms with E-state index in [1.165, 1.54) is 0 Å². The third-order valence-corrected chi connectivity index (χ3v) is 6.07. The molecule has 7 nitrogen and oxygen atoms in total. The number of carbonyl (C=O) groups is 2. The molecule has 7 heteroatoms. The monoisotopic (exact) mass is 375 g/mol. The molecule has 1 unspecified atom stereocenters. The van der Waals surface area contributed by atoms with Crippen molar-refractivity contribution in [3.8, 4) is 0 Å². The van der Waals surface area contributed by atoms with Crippen molar-refractivity contribution in [1.29, 1.82) is 0 Å². The van der Waals surface area contributed by atoms with Crippen LogP contribution in [-0.2, 0) is 4.79 Å². The van der Waals surface area contributed by atoms with E-state index < -0.39 is 6.10 Å². The van der Waals surface area contributed by atoms with Gasteiger partial charge in [-0.15, -0.1) is 0 Å². The van der Waals surface area contributed by atoms with Crippen molar-refractivity contribution in [1.82, 2.24) is 14.8 Å². The number of piperidine rings is 2. The molecule has 0 saturated carbocycles. The molecule has 0 radical (unpaired) electrons. The number of aromatic nitrogens is 1. The zero-order chi connectivity index (χ0) is 19.8. The van der Waals surface area contributed by atoms with Gasteiger partial charge in [0, 0.05) is 38.3 Å². The number of hydrogen-bond acceptors (Lipinski definition) is 4. The van der Waals surface area contributed by atoms with Crippen molar-refractivity contribution in [2.75, 3.05) is 26.2 Å². The smallest absolute Gasteiger partial charge is 0.261 e. The van der Waals surface area contributed by atoms with Crippen LogP contribution in [0.25, 0.3) is 0 Å². The lowest BCUT2D eigenvalue weighted by molar-refractivity contribution is -0.140. The minimum absolute atomic E-state index is 0.00912. The molecule has 1 aromatic heterocycles. The summed E-state index contributed by atoms with van der Waals surface area (Å²) in [6.45, 7) is 7.56. The summed E-state index contributed by atoms with van der Waals surface area (Å²) in [6.07, 6.45) is 2.41. The molecule has 2 aliphatic rings. The zero-order valence-corrected chi connectivity index (χ0v) is 16.4. The molecular weight excluding hydrogens is 346 g/mol. The molecule has 0 aliphatic carbocycles. The molecule has 2 amide bonds. The number of aromatic amines is 1. The van der Waals surface area contributed by atoms with E-state index in [4.69, 9.17) is 0 Å². The van der Waals surface area contributed by atoms with Gasteiger partial charge in [-0.25, -0.2) is 0 Å². The first kappa shape index (κ1) is 19.6. The van der Waals surface area contributed by atoms with Gasteiger partial charge < -0.3 is 19.9 Å². The first-order chi connectivity index (χ1) is 12.7. The maximum Gasteiger partial charge on any atom is 0.261 e. The van der Waals surface area contributed by atoms with E-state index in [1.54, 1.807) is 22.8 Å². The molecule has 2 aliphatic heterocycles. The van der Waals surface area contributed by atoms with Crippen LogP contribution in [0.5, 0.6) is 0 Å². The molecule has 27 heavy (non-hydrogen) atoms. The lowest BCUT2D eigenvalue weighted by Gasteiger charge is -2.47. The van der Waals surface area contributed by atoms with E-state index in [0.717, 1.165) is 30.5 Å². The van der Waals surface area contributed by atoms with Gasteiger partial charge in [-0.3, -0.25) is 14.4 Å². The van der Waals surface area contributed by atoms with Crippen molar-refractivity contribution in [3.63, 3.8) is 0 Å². The van der Waals surface area contributed by atoms with E-state index in [9.17, 15) is 19.5 Å². The van der Waals surface area contributed by atoms with Crippen molar-refractivity contribution in [2.45, 2.75) is 52.6 Å². The molecular formula is C20H29N3O4. The van der Waals surface area contributed by atoms with Gasteiger partial charge in [-0.2, -0.15) is 0 Å². The number of amides is 2. The van der Waals surface area contributed by atoms with Crippen LogP contribution in [0.4, 0.5) is 0 Å². The molecule has 0 bridgehead atoms. The van der Waals surface area contributed by atoms with Crippen molar-refractivity contribution in [3.05, 3.63) is 33.2 Å². The number of carbonyl (C=O) groups excluding carboxylic acids is 2. The Bertz CT molecular complexity index is 791. The summed E-state index contributed by atoms with van der Waals surface area (Å²) in [5.74, 6) is -0.122. The molecule has 1 spiro atoms. The van der Waals surface area contributed by atoms with Crippen molar-refractivity contribution >= 4 is 11.8 Å². The minimum atomic E-state index is -0.540. The second-order valence-corrected chi connectivity index (χ2v) is 8.24. The molecule has 3 heterocycles. The molecule has 2 N–H and O–H groups in total. The Labute approximate surface area is 159 Å². The zero-order valence-electron chi connectivity index (χ0n) is 16.4. The van der Waals surface area contributed by atoms with Gasteiger partial charge in [0.2, 0.25) is 5.91 Å². The van der Waals surface area contributed by atoms with Crippen LogP contribution in [-0.4, -0.2) is 64.0 Å². The average Bonchev–Trinajstić information content (AvgIpc) is 2.61. The fraction of sp³-hybridized carbons (Fsp3) is 0.650. The minimum Gasteiger partial charge on any atom is -0.392 e. The number of β-amino-alcohol motifs (C(OH)–C–C–N with tert-alkyl or cyclic N) is 1. The number of H-pyrrole nitrogens is 1. The third-order valence-electron chi connectivity index (χ3n) is 6.07. The highest BCUT2D eigenvalue weighted by molar-refractivity contribution is 5.94. The predicted octanol–water partition coefficient (Wildman–Crippen LogP) is 1.22. The van der Waals surface area contributed by atoms with Gasteiger partial charge in [-0.1, -0.05) is 0 Å². The highest BCUT2D eigenvalue weighted by atomic mass is 16.3. The van der Waals surface area contributed by atoms with Crippen LogP contribution in [0.2, 0.25) is 0 Å². The van der Waals surface area contributed by atoms with Crippen LogP contribution in [0.3, 0.4) is 0 Å². The molecule has 0 aromatic carbocycles. The van der Waals surface area contributed by atoms with Gasteiger partial charge in [0.1, 0.15) is 5.56 Å². The van der Waals surface area contributed by atoms with Gasteiger partial charge >= 0.3 is 0 Å². The normalized spacial score (nSPS) is 20.8. The lowest BCUT2D eigenvalue weighted by Crippen LogP contribution is -2.53. The summed E-state index contributed by atoms with van der Waals surface area (Å²) in [5.41, 5.74) is 1.54. The Morgan fingerprint density at radius 1 is 1.26 bits per heavy atom. The summed E-state index contributed by atoms with van der Waals surface area (Å²) in [5, 5.41) is 9.64. The molecule has 3 rings (SSSR count). The Morgan fingerprint density at radius 2 is 1.93 bits per heavy atom. The topological polar surface area (TPSA) is 93.7 Å². The number of likely N-dealkylation sites (tertiary alicyclic amines) is 2. The van der Waals surface area contributed by atoms with E-state index >= 15 is 0 Å². The maximum absolute atomic E-state index is 12.8. The van der Waals surface area contributed by atoms with Crippen LogP contribution in [0.1, 0.15) is 54.2 Å². The molecule has 148 valence electrons. The fourth-order valence-electron chi connectivity index (χ4n) is 4.24. The van der Waals surface area contributed by atoms with Crippen LogP contribution < -0.4 is 5.56 Å². The second kappa shape index (κ2) is 7.46. The largest absolute Gasteiger partial charge is 0.392 e. The summed E-state index contributed by atoms with van der Waals surface area (Å²) < 4.78 is 0. The Balaban J connectivity index is 1.68. The van der Waals surface area contributed by atoms with Gasteiger partial charge in [0.25, 0.3) is 11.5 Å². The summed E-state index contributed by atoms with van der Waals surface area (Å²) in [4.78, 5) is 43.4. The number of aliphatic hydroxyl groups excluding tert-OH is 1. The first-order valence-corrected chi connectivity index (χ1v) is 9.66. The SMILES string of the molecule is Cc1cc(C(=O)N2CCC3(CCC(=O)N(CC(C)O)C3)CC2)c(=O)[nH]c1C. The number of nitrogens with zero attached hydrogens (tertiary/aromatic N) is 2. The number of aryl methyl sites for hydroxylation is 2. The number of nitrogens with one attached hydrogen (secondary N) is 1. The average molecular weight is 375 g/mol. The number of rotatable bonds is 3. The standard InChI is InChI=1S/C20H29N3O4/c1-13-10-16(18(26)21-15(13)3)19(27)22-8-6-20(7-9-22)5-4-17(25)23(12-20)11-14(2)24/h10,14,24H,4-9,11-12H2,1-3H3,(H,21,26). The predicted molar refractivity (Wildman–Crippen MR) is 102 cm³/mol. The lowest BCUT2D eigenvalue weighted by atomic mass is 9.72. The molecule has 2 saturated heterocycles. The third kappa shape index (κ3) is 4.08. The highest BCUT2D eigenvalue weighted by Gasteiger charge is 2.42. The van der Waals surface area contributed by atoms with Crippen LogP contribution >= 0.6 is 0 Å². The Morgan fingerprint density at radius 3 is 2.56 bits per heavy atom. The highest BCUT2D eigenvalue weighted by Crippen LogP contribution is 2.40. The summed E-state index contributed by atoms with van der Waals surface area (Å²) in [7, 11) is 0. The summed E-state index contributed by atoms with van der Waals surface area (Å²) in [6, 6.07) is 1.67. The second-order valence-electron chi connectivity index (χ2n) is 8.24. The van der Waals surface area contributed by atoms with Gasteiger partial charge in [-0.05, 0) is 57.1 Å². The maximum atomic E-state index is 12.8. The molecule has 1 atom stereocenters. The Hall–Kier alpha value is -2.15. The summed E-state index contributed by atoms with van der Waals surface area (Å²) >= 11 is 0. The van der Waals surface area contributed by atoms with Crippen LogP contribution in [0.15, 0.2) is 10.9 Å². The van der Waals surface area contributed by atoms with E-state index in [0.29, 0.717) is 32.6 Å². The van der Waals surface area contributed by atoms with Crippen molar-refractivity contribution in [2.24, 2.45) is 5.41 Å². The quantitative estimate of drug-likeness (QED) is 0.831. The van der Waals surface area contributed by atoms with E-state index in [2.05, 4.69) is 4.98 Å². The van der Waals surface area contributed by atoms with Crippen LogP contribution in [0, 0.1) is 19.3 Å². The van der Waals surface area contributed by atoms with Gasteiger partial charge in [0.05, 0.1) is 6.10 Å².